The van der Waals surface area contributed by atoms with E-state index in [0.29, 0.717) is 132 Å². The summed E-state index contributed by atoms with van der Waals surface area (Å²) in [5.74, 6) is -3.23. The Morgan fingerprint density at radius 2 is 0.525 bits per heavy atom. The molecule has 0 aromatic rings. The van der Waals surface area contributed by atoms with Crippen LogP contribution in [-0.4, -0.2) is 175 Å². The number of Topliss-reactive ketones (excluding diaryl/α,β-unsaturated/α-hetero) is 1. The van der Waals surface area contributed by atoms with Crippen LogP contribution in [0.3, 0.4) is 0 Å². The molecule has 0 fully saturated rings. The first-order chi connectivity index (χ1) is 30.1. The first kappa shape index (κ1) is 59.2. The topological polar surface area (TPSA) is 182 Å². The average Bonchev–Trinajstić information content (AvgIpc) is 3.26. The molecule has 0 amide bonds. The standard InChI is InChI=1S/C45H86O16/c1-2-3-4-5-6-7-8-9-10-11-12-13-14-15-16-17-20-50-21-22-51-23-24-52-25-26-53-27-28-54-29-30-55-31-32-56-33-34-57-35-36-58-37-38-59-39-40-60-41-42-61-44(47)19-18-43(46)45(48)49/h2-42H2,1H3,(H,48,49). The van der Waals surface area contributed by atoms with Gasteiger partial charge in [0.1, 0.15) is 6.61 Å². The summed E-state index contributed by atoms with van der Waals surface area (Å²) < 4.78 is 65.2. The lowest BCUT2D eigenvalue weighted by atomic mass is 10.0. The van der Waals surface area contributed by atoms with Crippen LogP contribution in [0.5, 0.6) is 0 Å². The van der Waals surface area contributed by atoms with E-state index < -0.39 is 17.7 Å². The number of rotatable bonds is 54. The van der Waals surface area contributed by atoms with E-state index in [9.17, 15) is 14.4 Å². The number of unbranched alkanes of at least 4 members (excludes halogenated alkanes) is 15. The molecule has 1 N–H and O–H groups in total. The summed E-state index contributed by atoms with van der Waals surface area (Å²) in [7, 11) is 0. The highest BCUT2D eigenvalue weighted by atomic mass is 16.6. The lowest BCUT2D eigenvalue weighted by Crippen LogP contribution is -2.17. The monoisotopic (exact) mass is 883 g/mol. The van der Waals surface area contributed by atoms with Gasteiger partial charge in [-0.3, -0.25) is 9.59 Å². The molecule has 0 spiro atoms. The van der Waals surface area contributed by atoms with Crippen LogP contribution < -0.4 is 0 Å². The number of hydrogen-bond donors (Lipinski definition) is 1. The van der Waals surface area contributed by atoms with Crippen molar-refractivity contribution >= 4 is 17.7 Å². The zero-order chi connectivity index (χ0) is 44.2. The van der Waals surface area contributed by atoms with Crippen molar-refractivity contribution in [2.24, 2.45) is 0 Å². The molecule has 0 aromatic heterocycles. The molecule has 16 heteroatoms. The summed E-state index contributed by atoms with van der Waals surface area (Å²) in [4.78, 5) is 32.7. The molecule has 16 nitrogen and oxygen atoms in total. The molecule has 61 heavy (non-hydrogen) atoms. The van der Waals surface area contributed by atoms with Gasteiger partial charge in [-0.25, -0.2) is 4.79 Å². The van der Waals surface area contributed by atoms with Gasteiger partial charge < -0.3 is 61.9 Å². The van der Waals surface area contributed by atoms with E-state index in [4.69, 9.17) is 61.9 Å². The predicted molar refractivity (Wildman–Crippen MR) is 231 cm³/mol. The van der Waals surface area contributed by atoms with Crippen molar-refractivity contribution in [3.8, 4) is 0 Å². The predicted octanol–water partition coefficient (Wildman–Crippen LogP) is 6.41. The second-order valence-electron chi connectivity index (χ2n) is 14.5. The Morgan fingerprint density at radius 3 is 0.787 bits per heavy atom. The highest BCUT2D eigenvalue weighted by molar-refractivity contribution is 6.32. The van der Waals surface area contributed by atoms with E-state index in [2.05, 4.69) is 6.92 Å². The summed E-state index contributed by atoms with van der Waals surface area (Å²) >= 11 is 0. The van der Waals surface area contributed by atoms with Gasteiger partial charge in [0, 0.05) is 13.0 Å². The third-order valence-corrected chi connectivity index (χ3v) is 9.15. The van der Waals surface area contributed by atoms with Crippen LogP contribution in [-0.2, 0) is 71.2 Å². The Kier molecular flexibility index (Phi) is 50.9. The summed E-state index contributed by atoms with van der Waals surface area (Å²) in [6, 6.07) is 0. The molecule has 362 valence electrons. The molecule has 0 rings (SSSR count). The van der Waals surface area contributed by atoms with E-state index in [1.54, 1.807) is 0 Å². The lowest BCUT2D eigenvalue weighted by molar-refractivity contribution is -0.151. The van der Waals surface area contributed by atoms with Gasteiger partial charge in [-0.2, -0.15) is 0 Å². The number of carboxylic acids is 1. The minimum atomic E-state index is -1.56. The molecule has 0 heterocycles. The number of ether oxygens (including phenoxy) is 12. The van der Waals surface area contributed by atoms with E-state index in [0.717, 1.165) is 13.0 Å². The molecule has 0 unspecified atom stereocenters. The molecule has 0 saturated carbocycles. The molecule has 0 bridgehead atoms. The fourth-order valence-corrected chi connectivity index (χ4v) is 5.66. The Balaban J connectivity index is 3.11. The average molecular weight is 883 g/mol. The van der Waals surface area contributed by atoms with Crippen LogP contribution >= 0.6 is 0 Å². The van der Waals surface area contributed by atoms with Crippen LogP contribution in [0.15, 0.2) is 0 Å². The molecular formula is C45H86O16. The third kappa shape index (κ3) is 52.4. The van der Waals surface area contributed by atoms with Crippen molar-refractivity contribution in [2.45, 2.75) is 122 Å². The first-order valence-corrected chi connectivity index (χ1v) is 23.3. The largest absolute Gasteiger partial charge is 0.476 e. The minimum Gasteiger partial charge on any atom is -0.476 e. The summed E-state index contributed by atoms with van der Waals surface area (Å²) in [5, 5.41) is 8.46. The van der Waals surface area contributed by atoms with E-state index in [-0.39, 0.29) is 26.1 Å². The van der Waals surface area contributed by atoms with Gasteiger partial charge in [0.05, 0.1) is 145 Å². The smallest absolute Gasteiger partial charge is 0.372 e. The highest BCUT2D eigenvalue weighted by Gasteiger charge is 2.14. The Hall–Kier alpha value is -1.83. The highest BCUT2D eigenvalue weighted by Crippen LogP contribution is 2.13. The normalized spacial score (nSPS) is 11.4. The number of carboxylic acid groups (broad SMARTS) is 1. The number of esters is 1. The maximum absolute atomic E-state index is 11.4. The summed E-state index contributed by atoms with van der Waals surface area (Å²) in [6.07, 6.45) is 21.4. The van der Waals surface area contributed by atoms with Crippen molar-refractivity contribution in [3.05, 3.63) is 0 Å². The number of carbonyl (C=O) groups excluding carboxylic acids is 2. The van der Waals surface area contributed by atoms with Crippen LogP contribution in [0, 0.1) is 0 Å². The zero-order valence-electron chi connectivity index (χ0n) is 38.1. The van der Waals surface area contributed by atoms with Crippen LogP contribution in [0.1, 0.15) is 122 Å². The van der Waals surface area contributed by atoms with Crippen molar-refractivity contribution in [1.82, 2.24) is 0 Å². The molecule has 0 radical (unpaired) electrons. The van der Waals surface area contributed by atoms with Gasteiger partial charge in [-0.05, 0) is 6.42 Å². The van der Waals surface area contributed by atoms with Gasteiger partial charge in [0.15, 0.2) is 0 Å². The quantitative estimate of drug-likeness (QED) is 0.0402. The number of hydrogen-bond acceptors (Lipinski definition) is 15. The lowest BCUT2D eigenvalue weighted by Gasteiger charge is -2.09. The molecule has 0 aliphatic carbocycles. The summed E-state index contributed by atoms with van der Waals surface area (Å²) in [6.45, 7) is 12.9. The number of ketones is 1. The fraction of sp³-hybridized carbons (Fsp3) is 0.933. The second kappa shape index (κ2) is 52.5. The van der Waals surface area contributed by atoms with Crippen molar-refractivity contribution in [2.75, 3.05) is 152 Å². The van der Waals surface area contributed by atoms with Crippen LogP contribution in [0.2, 0.25) is 0 Å². The van der Waals surface area contributed by atoms with E-state index in [1.807, 2.05) is 0 Å². The molecular weight excluding hydrogens is 796 g/mol. The Labute approximate surface area is 367 Å². The van der Waals surface area contributed by atoms with E-state index in [1.165, 1.54) is 96.3 Å². The van der Waals surface area contributed by atoms with Gasteiger partial charge in [0.2, 0.25) is 5.78 Å². The fourth-order valence-electron chi connectivity index (χ4n) is 5.66. The molecule has 0 atom stereocenters. The van der Waals surface area contributed by atoms with Crippen molar-refractivity contribution in [1.29, 1.82) is 0 Å². The molecule has 0 aliphatic rings. The summed E-state index contributed by atoms with van der Waals surface area (Å²) in [5.41, 5.74) is 0. The number of aliphatic carboxylic acids is 1. The maximum atomic E-state index is 11.4. The number of carbonyl (C=O) groups is 3. The second-order valence-corrected chi connectivity index (χ2v) is 14.5. The van der Waals surface area contributed by atoms with Crippen molar-refractivity contribution < 1.29 is 76.3 Å². The Morgan fingerprint density at radius 1 is 0.295 bits per heavy atom. The van der Waals surface area contributed by atoms with Gasteiger partial charge in [0.25, 0.3) is 0 Å². The maximum Gasteiger partial charge on any atom is 0.372 e. The molecule has 0 aromatic carbocycles. The Bertz CT molecular complexity index is 912. The minimum absolute atomic E-state index is 0.0148. The third-order valence-electron chi connectivity index (χ3n) is 9.15. The van der Waals surface area contributed by atoms with Gasteiger partial charge in [-0.1, -0.05) is 103 Å². The van der Waals surface area contributed by atoms with Crippen LogP contribution in [0.4, 0.5) is 0 Å². The molecule has 0 saturated heterocycles. The molecule has 0 aliphatic heterocycles. The zero-order valence-corrected chi connectivity index (χ0v) is 38.1. The SMILES string of the molecule is CCCCCCCCCCCCCCCCCCOCCOCCOCCOCCOCCOCCOCCOCCOCCOCCOCCOC(=O)CCC(=O)C(=O)O. The van der Waals surface area contributed by atoms with E-state index >= 15 is 0 Å². The van der Waals surface area contributed by atoms with Crippen molar-refractivity contribution in [3.63, 3.8) is 0 Å². The van der Waals surface area contributed by atoms with Crippen LogP contribution in [0.25, 0.3) is 0 Å². The first-order valence-electron chi connectivity index (χ1n) is 23.3. The van der Waals surface area contributed by atoms with Gasteiger partial charge in [-0.15, -0.1) is 0 Å². The van der Waals surface area contributed by atoms with Gasteiger partial charge >= 0.3 is 11.9 Å².